The molecule has 0 amide bonds. The predicted molar refractivity (Wildman–Crippen MR) is 63.0 cm³/mol. The van der Waals surface area contributed by atoms with Gasteiger partial charge in [0, 0.05) is 12.5 Å². The van der Waals surface area contributed by atoms with Crippen molar-refractivity contribution in [1.82, 2.24) is 0 Å². The standard InChI is InChI=1S/C13H18O3/c1-3-4-5-6-11(15)13-9(2)7-10(14)8-12(13)16/h7-8,14,16H,3-6H2,1-2H3. The molecule has 1 aromatic rings. The fraction of sp³-hybridized carbons (Fsp3) is 0.462. The van der Waals surface area contributed by atoms with E-state index in [0.717, 1.165) is 19.3 Å². The van der Waals surface area contributed by atoms with Crippen LogP contribution in [0, 0.1) is 6.92 Å². The van der Waals surface area contributed by atoms with Crippen LogP contribution in [0.15, 0.2) is 12.1 Å². The first-order valence-corrected chi connectivity index (χ1v) is 5.62. The van der Waals surface area contributed by atoms with Crippen molar-refractivity contribution in [3.8, 4) is 11.5 Å². The van der Waals surface area contributed by atoms with Crippen molar-refractivity contribution in [2.75, 3.05) is 0 Å². The van der Waals surface area contributed by atoms with E-state index >= 15 is 0 Å². The number of aromatic hydroxyl groups is 2. The molecule has 1 rings (SSSR count). The SMILES string of the molecule is CCCCCC(=O)c1c(C)cc(O)cc1O. The van der Waals surface area contributed by atoms with Crippen molar-refractivity contribution in [2.24, 2.45) is 0 Å². The van der Waals surface area contributed by atoms with Gasteiger partial charge in [-0.25, -0.2) is 0 Å². The highest BCUT2D eigenvalue weighted by Gasteiger charge is 2.14. The Morgan fingerprint density at radius 3 is 2.50 bits per heavy atom. The molecule has 88 valence electrons. The van der Waals surface area contributed by atoms with Gasteiger partial charge >= 0.3 is 0 Å². The minimum Gasteiger partial charge on any atom is -0.508 e. The number of unbranched alkanes of at least 4 members (excludes halogenated alkanes) is 2. The van der Waals surface area contributed by atoms with Crippen LogP contribution in [0.3, 0.4) is 0 Å². The Balaban J connectivity index is 2.83. The molecule has 3 nitrogen and oxygen atoms in total. The number of ketones is 1. The van der Waals surface area contributed by atoms with Crippen molar-refractivity contribution >= 4 is 5.78 Å². The van der Waals surface area contributed by atoms with Gasteiger partial charge in [-0.15, -0.1) is 0 Å². The first-order chi connectivity index (χ1) is 7.56. The average Bonchev–Trinajstić information content (AvgIpc) is 2.16. The Morgan fingerprint density at radius 1 is 1.25 bits per heavy atom. The summed E-state index contributed by atoms with van der Waals surface area (Å²) in [7, 11) is 0. The molecule has 0 aliphatic rings. The summed E-state index contributed by atoms with van der Waals surface area (Å²) >= 11 is 0. The molecule has 1 aromatic carbocycles. The average molecular weight is 222 g/mol. The molecule has 0 spiro atoms. The van der Waals surface area contributed by atoms with Crippen LogP contribution in [0.5, 0.6) is 11.5 Å². The van der Waals surface area contributed by atoms with Crippen LogP contribution in [0.1, 0.15) is 48.5 Å². The second-order valence-electron chi connectivity index (χ2n) is 4.04. The van der Waals surface area contributed by atoms with Gasteiger partial charge in [-0.05, 0) is 25.0 Å². The molecule has 0 fully saturated rings. The number of benzene rings is 1. The molecular formula is C13H18O3. The topological polar surface area (TPSA) is 57.5 Å². The molecule has 0 saturated carbocycles. The largest absolute Gasteiger partial charge is 0.508 e. The molecule has 0 aliphatic heterocycles. The van der Waals surface area contributed by atoms with E-state index in [-0.39, 0.29) is 17.3 Å². The molecule has 0 saturated heterocycles. The molecule has 0 heterocycles. The summed E-state index contributed by atoms with van der Waals surface area (Å²) in [4.78, 5) is 11.8. The van der Waals surface area contributed by atoms with Crippen LogP contribution < -0.4 is 0 Å². The number of carbonyl (C=O) groups is 1. The van der Waals surface area contributed by atoms with Crippen LogP contribution in [0.25, 0.3) is 0 Å². The number of Topliss-reactive ketones (excluding diaryl/α,β-unsaturated/α-hetero) is 1. The summed E-state index contributed by atoms with van der Waals surface area (Å²) in [6, 6.07) is 2.70. The maximum atomic E-state index is 11.8. The van der Waals surface area contributed by atoms with Gasteiger partial charge in [-0.1, -0.05) is 19.8 Å². The molecule has 0 atom stereocenters. The van der Waals surface area contributed by atoms with Gasteiger partial charge in [0.25, 0.3) is 0 Å². The summed E-state index contributed by atoms with van der Waals surface area (Å²) in [5.74, 6) is -0.192. The maximum absolute atomic E-state index is 11.8. The van der Waals surface area contributed by atoms with Gasteiger partial charge in [-0.3, -0.25) is 4.79 Å². The lowest BCUT2D eigenvalue weighted by atomic mass is 9.99. The third-order valence-electron chi connectivity index (χ3n) is 2.59. The van der Waals surface area contributed by atoms with Gasteiger partial charge in [0.1, 0.15) is 11.5 Å². The number of phenols is 2. The van der Waals surface area contributed by atoms with Crippen molar-refractivity contribution in [2.45, 2.75) is 39.5 Å². The van der Waals surface area contributed by atoms with E-state index in [0.29, 0.717) is 17.5 Å². The monoisotopic (exact) mass is 222 g/mol. The summed E-state index contributed by atoms with van der Waals surface area (Å²) in [6.07, 6.45) is 3.37. The summed E-state index contributed by atoms with van der Waals surface area (Å²) in [6.45, 7) is 3.79. The van der Waals surface area contributed by atoms with Gasteiger partial charge in [0.05, 0.1) is 5.56 Å². The quantitative estimate of drug-likeness (QED) is 0.594. The summed E-state index contributed by atoms with van der Waals surface area (Å²) in [5.41, 5.74) is 0.966. The number of phenolic OH excluding ortho intramolecular Hbond substituents is 2. The highest BCUT2D eigenvalue weighted by Crippen LogP contribution is 2.28. The normalized spacial score (nSPS) is 10.4. The third-order valence-corrected chi connectivity index (χ3v) is 2.59. The first-order valence-electron chi connectivity index (χ1n) is 5.62. The minimum absolute atomic E-state index is 0.0138. The van der Waals surface area contributed by atoms with E-state index in [1.807, 2.05) is 0 Å². The maximum Gasteiger partial charge on any atom is 0.166 e. The number of hydrogen-bond acceptors (Lipinski definition) is 3. The zero-order chi connectivity index (χ0) is 12.1. The number of carbonyl (C=O) groups excluding carboxylic acids is 1. The van der Waals surface area contributed by atoms with E-state index in [1.54, 1.807) is 6.92 Å². The molecule has 0 unspecified atom stereocenters. The van der Waals surface area contributed by atoms with Crippen LogP contribution in [0.2, 0.25) is 0 Å². The van der Waals surface area contributed by atoms with Gasteiger partial charge in [0.2, 0.25) is 0 Å². The van der Waals surface area contributed by atoms with Crippen molar-refractivity contribution in [1.29, 1.82) is 0 Å². The molecule has 0 bridgehead atoms. The van der Waals surface area contributed by atoms with E-state index < -0.39 is 0 Å². The molecule has 16 heavy (non-hydrogen) atoms. The fourth-order valence-corrected chi connectivity index (χ4v) is 1.77. The molecule has 3 heteroatoms. The molecule has 2 N–H and O–H groups in total. The van der Waals surface area contributed by atoms with E-state index in [2.05, 4.69) is 6.92 Å². The van der Waals surface area contributed by atoms with E-state index in [4.69, 9.17) is 0 Å². The first kappa shape index (κ1) is 12.6. The number of aryl methyl sites for hydroxylation is 1. The van der Waals surface area contributed by atoms with Crippen molar-refractivity contribution < 1.29 is 15.0 Å². The number of hydrogen-bond donors (Lipinski definition) is 2. The zero-order valence-electron chi connectivity index (χ0n) is 9.79. The van der Waals surface area contributed by atoms with Crippen molar-refractivity contribution in [3.05, 3.63) is 23.3 Å². The van der Waals surface area contributed by atoms with Gasteiger partial charge in [0.15, 0.2) is 5.78 Å². The lowest BCUT2D eigenvalue weighted by molar-refractivity contribution is 0.0976. The molecule has 0 aromatic heterocycles. The Bertz CT molecular complexity index is 360. The van der Waals surface area contributed by atoms with E-state index in [9.17, 15) is 15.0 Å². The van der Waals surface area contributed by atoms with E-state index in [1.165, 1.54) is 12.1 Å². The van der Waals surface area contributed by atoms with Crippen LogP contribution in [0.4, 0.5) is 0 Å². The summed E-state index contributed by atoms with van der Waals surface area (Å²) in [5, 5.41) is 18.9. The molecular weight excluding hydrogens is 204 g/mol. The highest BCUT2D eigenvalue weighted by molar-refractivity contribution is 6.00. The Labute approximate surface area is 95.7 Å². The smallest absolute Gasteiger partial charge is 0.166 e. The predicted octanol–water partition coefficient (Wildman–Crippen LogP) is 3.17. The van der Waals surface area contributed by atoms with Crippen LogP contribution >= 0.6 is 0 Å². The highest BCUT2D eigenvalue weighted by atomic mass is 16.3. The fourth-order valence-electron chi connectivity index (χ4n) is 1.77. The minimum atomic E-state index is -0.126. The lowest BCUT2D eigenvalue weighted by Crippen LogP contribution is -2.02. The molecule has 0 aliphatic carbocycles. The lowest BCUT2D eigenvalue weighted by Gasteiger charge is -2.08. The van der Waals surface area contributed by atoms with Gasteiger partial charge < -0.3 is 10.2 Å². The Hall–Kier alpha value is -1.51. The van der Waals surface area contributed by atoms with Gasteiger partial charge in [-0.2, -0.15) is 0 Å². The summed E-state index contributed by atoms with van der Waals surface area (Å²) < 4.78 is 0. The zero-order valence-corrected chi connectivity index (χ0v) is 9.79. The molecule has 0 radical (unpaired) electrons. The Kier molecular flexibility index (Phi) is 4.35. The second-order valence-corrected chi connectivity index (χ2v) is 4.04. The van der Waals surface area contributed by atoms with Crippen LogP contribution in [-0.4, -0.2) is 16.0 Å². The second kappa shape index (κ2) is 5.54. The Morgan fingerprint density at radius 2 is 1.94 bits per heavy atom. The van der Waals surface area contributed by atoms with Crippen LogP contribution in [-0.2, 0) is 0 Å². The third kappa shape index (κ3) is 2.99. The number of rotatable bonds is 5. The van der Waals surface area contributed by atoms with Crippen molar-refractivity contribution in [3.63, 3.8) is 0 Å².